The fraction of sp³-hybridized carbons (Fsp3) is 0.778. The molecular weight excluding hydrogens is 168 g/mol. The van der Waals surface area contributed by atoms with Crippen molar-refractivity contribution in [2.75, 3.05) is 0 Å². The first-order chi connectivity index (χ1) is 6.00. The van der Waals surface area contributed by atoms with E-state index in [0.717, 1.165) is 12.8 Å². The van der Waals surface area contributed by atoms with Gasteiger partial charge in [-0.1, -0.05) is 0 Å². The van der Waals surface area contributed by atoms with E-state index in [1.165, 1.54) is 0 Å². The Kier molecular flexibility index (Phi) is 1.70. The second-order valence-electron chi connectivity index (χ2n) is 4.40. The van der Waals surface area contributed by atoms with E-state index in [1.807, 2.05) is 0 Å². The Balaban J connectivity index is 2.14. The molecule has 0 spiro atoms. The summed E-state index contributed by atoms with van der Waals surface area (Å²) in [5, 5.41) is 5.49. The van der Waals surface area contributed by atoms with Crippen LogP contribution in [0.2, 0.25) is 0 Å². The number of piperazine rings is 1. The van der Waals surface area contributed by atoms with Crippen molar-refractivity contribution >= 4 is 11.8 Å². The van der Waals surface area contributed by atoms with Gasteiger partial charge in [0.2, 0.25) is 11.8 Å². The van der Waals surface area contributed by atoms with Gasteiger partial charge in [0.1, 0.15) is 0 Å². The summed E-state index contributed by atoms with van der Waals surface area (Å²) in [6.45, 7) is 3.59. The first-order valence-electron chi connectivity index (χ1n) is 4.64. The van der Waals surface area contributed by atoms with Gasteiger partial charge in [0.05, 0.1) is 11.6 Å². The van der Waals surface area contributed by atoms with Crippen molar-refractivity contribution in [2.45, 2.75) is 38.3 Å². The Hall–Kier alpha value is -0.900. The summed E-state index contributed by atoms with van der Waals surface area (Å²) in [5.74, 6) is 0.0496. The standard InChI is InChI=1S/C9H14N2O2/c1-9(2)8(13)10-7(12)6(11-9)5-3-4-5/h5-6,11H,3-4H2,1-2H3,(H,10,12,13). The molecule has 0 aromatic rings. The lowest BCUT2D eigenvalue weighted by Gasteiger charge is -2.35. The summed E-state index contributed by atoms with van der Waals surface area (Å²) < 4.78 is 0. The SMILES string of the molecule is CC1(C)NC(C2CC2)C(=O)NC1=O. The van der Waals surface area contributed by atoms with Gasteiger partial charge in [-0.05, 0) is 32.6 Å². The van der Waals surface area contributed by atoms with Gasteiger partial charge >= 0.3 is 0 Å². The lowest BCUT2D eigenvalue weighted by Crippen LogP contribution is -2.67. The van der Waals surface area contributed by atoms with Crippen molar-refractivity contribution in [3.05, 3.63) is 0 Å². The Morgan fingerprint density at radius 3 is 2.46 bits per heavy atom. The quantitative estimate of drug-likeness (QED) is 0.552. The van der Waals surface area contributed by atoms with Crippen molar-refractivity contribution in [3.63, 3.8) is 0 Å². The van der Waals surface area contributed by atoms with Gasteiger partial charge in [0.25, 0.3) is 0 Å². The van der Waals surface area contributed by atoms with Gasteiger partial charge in [-0.25, -0.2) is 0 Å². The molecular formula is C9H14N2O2. The van der Waals surface area contributed by atoms with E-state index in [4.69, 9.17) is 0 Å². The number of carbonyl (C=O) groups is 2. The van der Waals surface area contributed by atoms with E-state index in [9.17, 15) is 9.59 Å². The monoisotopic (exact) mass is 182 g/mol. The molecule has 2 aliphatic rings. The molecule has 0 aromatic heterocycles. The number of nitrogens with one attached hydrogen (secondary N) is 2. The largest absolute Gasteiger partial charge is 0.293 e. The first-order valence-corrected chi connectivity index (χ1v) is 4.64. The van der Waals surface area contributed by atoms with Gasteiger partial charge in [0, 0.05) is 0 Å². The summed E-state index contributed by atoms with van der Waals surface area (Å²) in [4.78, 5) is 22.7. The summed E-state index contributed by atoms with van der Waals surface area (Å²) in [6, 6.07) is -0.160. The molecule has 72 valence electrons. The molecule has 1 unspecified atom stereocenters. The molecule has 1 aliphatic carbocycles. The smallest absolute Gasteiger partial charge is 0.246 e. The Morgan fingerprint density at radius 2 is 1.92 bits per heavy atom. The topological polar surface area (TPSA) is 58.2 Å². The molecule has 2 amide bonds. The highest BCUT2D eigenvalue weighted by Gasteiger charge is 2.45. The van der Waals surface area contributed by atoms with E-state index in [0.29, 0.717) is 5.92 Å². The van der Waals surface area contributed by atoms with E-state index < -0.39 is 5.54 Å². The third-order valence-electron chi connectivity index (χ3n) is 2.70. The third kappa shape index (κ3) is 1.46. The number of carbonyl (C=O) groups excluding carboxylic acids is 2. The van der Waals surface area contributed by atoms with Crippen LogP contribution >= 0.6 is 0 Å². The minimum atomic E-state index is -0.610. The second-order valence-corrected chi connectivity index (χ2v) is 4.40. The minimum absolute atomic E-state index is 0.160. The molecule has 0 radical (unpaired) electrons. The molecule has 0 aromatic carbocycles. The zero-order valence-electron chi connectivity index (χ0n) is 7.89. The predicted octanol–water partition coefficient (Wildman–Crippen LogP) is -0.210. The first kappa shape index (κ1) is 8.69. The van der Waals surface area contributed by atoms with Crippen LogP contribution in [0.1, 0.15) is 26.7 Å². The maximum atomic E-state index is 11.4. The molecule has 1 aliphatic heterocycles. The van der Waals surface area contributed by atoms with Gasteiger partial charge in [0.15, 0.2) is 0 Å². The average molecular weight is 182 g/mol. The Morgan fingerprint density at radius 1 is 1.31 bits per heavy atom. The number of rotatable bonds is 1. The molecule has 2 fully saturated rings. The van der Waals surface area contributed by atoms with Crippen LogP contribution in [0.3, 0.4) is 0 Å². The van der Waals surface area contributed by atoms with Crippen LogP contribution in [-0.4, -0.2) is 23.4 Å². The fourth-order valence-corrected chi connectivity index (χ4v) is 1.63. The summed E-state index contributed by atoms with van der Waals surface area (Å²) >= 11 is 0. The van der Waals surface area contributed by atoms with E-state index in [-0.39, 0.29) is 17.9 Å². The summed E-state index contributed by atoms with van der Waals surface area (Å²) in [7, 11) is 0. The van der Waals surface area contributed by atoms with Crippen LogP contribution in [0.4, 0.5) is 0 Å². The van der Waals surface area contributed by atoms with Crippen LogP contribution in [0, 0.1) is 5.92 Å². The van der Waals surface area contributed by atoms with Crippen LogP contribution in [0.25, 0.3) is 0 Å². The molecule has 1 saturated carbocycles. The zero-order chi connectivity index (χ0) is 9.64. The van der Waals surface area contributed by atoms with Crippen LogP contribution in [0.5, 0.6) is 0 Å². The third-order valence-corrected chi connectivity index (χ3v) is 2.70. The van der Waals surface area contributed by atoms with Gasteiger partial charge in [-0.2, -0.15) is 0 Å². The molecule has 1 saturated heterocycles. The number of imide groups is 1. The molecule has 2 N–H and O–H groups in total. The van der Waals surface area contributed by atoms with Crippen molar-refractivity contribution < 1.29 is 9.59 Å². The van der Waals surface area contributed by atoms with Gasteiger partial charge in [-0.15, -0.1) is 0 Å². The van der Waals surface area contributed by atoms with E-state index >= 15 is 0 Å². The molecule has 0 bridgehead atoms. The van der Waals surface area contributed by atoms with Crippen molar-refractivity contribution in [2.24, 2.45) is 5.92 Å². The predicted molar refractivity (Wildman–Crippen MR) is 46.9 cm³/mol. The van der Waals surface area contributed by atoms with E-state index in [1.54, 1.807) is 13.8 Å². The lowest BCUT2D eigenvalue weighted by atomic mass is 9.97. The highest BCUT2D eigenvalue weighted by atomic mass is 16.2. The molecule has 2 rings (SSSR count). The highest BCUT2D eigenvalue weighted by molar-refractivity contribution is 6.04. The number of hydrogen-bond donors (Lipinski definition) is 2. The molecule has 4 heteroatoms. The number of amides is 2. The lowest BCUT2D eigenvalue weighted by molar-refractivity contribution is -0.140. The summed E-state index contributed by atoms with van der Waals surface area (Å²) in [5.41, 5.74) is -0.610. The highest BCUT2D eigenvalue weighted by Crippen LogP contribution is 2.34. The zero-order valence-corrected chi connectivity index (χ0v) is 7.89. The van der Waals surface area contributed by atoms with Gasteiger partial charge < -0.3 is 0 Å². The molecule has 1 atom stereocenters. The molecule has 4 nitrogen and oxygen atoms in total. The Bertz CT molecular complexity index is 269. The maximum Gasteiger partial charge on any atom is 0.246 e. The molecule has 1 heterocycles. The van der Waals surface area contributed by atoms with Gasteiger partial charge in [-0.3, -0.25) is 20.2 Å². The van der Waals surface area contributed by atoms with Crippen LogP contribution in [-0.2, 0) is 9.59 Å². The van der Waals surface area contributed by atoms with Crippen molar-refractivity contribution in [1.82, 2.24) is 10.6 Å². The van der Waals surface area contributed by atoms with Crippen LogP contribution < -0.4 is 10.6 Å². The molecule has 13 heavy (non-hydrogen) atoms. The van der Waals surface area contributed by atoms with Crippen LogP contribution in [0.15, 0.2) is 0 Å². The normalized spacial score (nSPS) is 32.9. The fourth-order valence-electron chi connectivity index (χ4n) is 1.63. The number of hydrogen-bond acceptors (Lipinski definition) is 3. The minimum Gasteiger partial charge on any atom is -0.293 e. The second kappa shape index (κ2) is 2.54. The average Bonchev–Trinajstić information content (AvgIpc) is 2.80. The van der Waals surface area contributed by atoms with Crippen molar-refractivity contribution in [1.29, 1.82) is 0 Å². The van der Waals surface area contributed by atoms with Crippen molar-refractivity contribution in [3.8, 4) is 0 Å². The van der Waals surface area contributed by atoms with E-state index in [2.05, 4.69) is 10.6 Å². The maximum absolute atomic E-state index is 11.4. The summed E-state index contributed by atoms with van der Waals surface area (Å²) in [6.07, 6.45) is 2.19. The Labute approximate surface area is 77.1 Å².